The first-order valence-corrected chi connectivity index (χ1v) is 18.2. The van der Waals surface area contributed by atoms with Crippen LogP contribution < -0.4 is 0 Å². The Labute approximate surface area is 296 Å². The Hall–Kier alpha value is -2.10. The van der Waals surface area contributed by atoms with Gasteiger partial charge in [-0.3, -0.25) is 14.4 Å². The molecule has 4 rings (SSSR count). The molecule has 0 aromatic rings. The van der Waals surface area contributed by atoms with Gasteiger partial charge in [-0.2, -0.15) is 0 Å². The lowest BCUT2D eigenvalue weighted by atomic mass is 9.79. The third kappa shape index (κ3) is 9.46. The minimum Gasteiger partial charge on any atom is -0.462 e. The quantitative estimate of drug-likeness (QED) is 0.214. The zero-order chi connectivity index (χ0) is 37.1. The number of aldehydes is 1. The molecule has 3 saturated heterocycles. The average Bonchev–Trinajstić information content (AvgIpc) is 3.74. The van der Waals surface area contributed by atoms with Crippen LogP contribution in [0.5, 0.6) is 0 Å². The number of ketones is 2. The maximum absolute atomic E-state index is 13.4. The number of carbonyl (C=O) groups excluding carboxylic acids is 4. The number of nitrogens with zero attached hydrogens (tertiary/aromatic N) is 1. The molecule has 284 valence electrons. The van der Waals surface area contributed by atoms with Crippen molar-refractivity contribution >= 4 is 23.8 Å². The summed E-state index contributed by atoms with van der Waals surface area (Å²) in [7, 11) is 3.59. The van der Waals surface area contributed by atoms with Crippen LogP contribution in [0.25, 0.3) is 0 Å². The molecule has 16 atom stereocenters. The molecule has 0 aliphatic carbocycles. The van der Waals surface area contributed by atoms with Crippen molar-refractivity contribution in [3.8, 4) is 0 Å². The molecule has 4 aliphatic heterocycles. The molecular formula is C37H59NO12. The maximum Gasteiger partial charge on any atom is 0.308 e. The van der Waals surface area contributed by atoms with Gasteiger partial charge in [0.15, 0.2) is 17.9 Å². The Morgan fingerprint density at radius 2 is 1.72 bits per heavy atom. The molecule has 0 aromatic heterocycles. The highest BCUT2D eigenvalue weighted by molar-refractivity contribution is 5.91. The summed E-state index contributed by atoms with van der Waals surface area (Å²) in [6, 6.07) is -0.627. The third-order valence-corrected chi connectivity index (χ3v) is 11.2. The van der Waals surface area contributed by atoms with Crippen LogP contribution in [0.15, 0.2) is 12.2 Å². The fourth-order valence-corrected chi connectivity index (χ4v) is 7.85. The van der Waals surface area contributed by atoms with E-state index in [0.717, 1.165) is 6.29 Å². The molecule has 50 heavy (non-hydrogen) atoms. The number of rotatable bonds is 8. The standard InChI is InChI=1S/C37H59NO12/c1-10-29-21(4)35-37(7,50-35)13-11-26(40)19(2)15-24(12-14-39)33(20(3)27(41)17-30(43)48-29)49-36-32(44)31(38(8)9)34(23(6)46-36)47-25-16-28(42)22(5)45-18-25/h11,13-14,19-25,27,29,31-36,41,44H,10,12,15-18H2,1-9H3. The smallest absolute Gasteiger partial charge is 0.308 e. The number of ether oxygens (including phenoxy) is 6. The van der Waals surface area contributed by atoms with Gasteiger partial charge in [-0.1, -0.05) is 27.7 Å². The molecule has 4 heterocycles. The third-order valence-electron chi connectivity index (χ3n) is 11.2. The van der Waals surface area contributed by atoms with E-state index in [4.69, 9.17) is 28.4 Å². The number of Topliss-reactive ketones (excluding diaryl/α,β-unsaturated/α-hetero) is 1. The molecule has 3 fully saturated rings. The lowest BCUT2D eigenvalue weighted by molar-refractivity contribution is -0.314. The summed E-state index contributed by atoms with van der Waals surface area (Å²) < 4.78 is 36.6. The zero-order valence-corrected chi connectivity index (χ0v) is 31.1. The van der Waals surface area contributed by atoms with Crippen LogP contribution >= 0.6 is 0 Å². The van der Waals surface area contributed by atoms with Crippen molar-refractivity contribution in [2.45, 2.75) is 153 Å². The summed E-state index contributed by atoms with van der Waals surface area (Å²) in [6.45, 7) is 13.0. The summed E-state index contributed by atoms with van der Waals surface area (Å²) in [5.74, 6) is -2.76. The number of fused-ring (bicyclic) bond motifs is 1. The summed E-state index contributed by atoms with van der Waals surface area (Å²) in [5, 5.41) is 23.2. The largest absolute Gasteiger partial charge is 0.462 e. The van der Waals surface area contributed by atoms with Crippen LogP contribution in [0, 0.1) is 23.7 Å². The van der Waals surface area contributed by atoms with E-state index < -0.39 is 90.5 Å². The minimum absolute atomic E-state index is 0.00117. The minimum atomic E-state index is -1.25. The Balaban J connectivity index is 1.61. The number of carbonyl (C=O) groups is 4. The Bertz CT molecular complexity index is 1230. The number of aliphatic hydroxyl groups is 2. The van der Waals surface area contributed by atoms with Gasteiger partial charge < -0.3 is 48.3 Å². The van der Waals surface area contributed by atoms with Crippen LogP contribution in [0.3, 0.4) is 0 Å². The van der Waals surface area contributed by atoms with Gasteiger partial charge in [-0.05, 0) is 65.8 Å². The summed E-state index contributed by atoms with van der Waals surface area (Å²) in [5.41, 5.74) is -0.679. The van der Waals surface area contributed by atoms with Gasteiger partial charge in [0.05, 0.1) is 49.6 Å². The number of aliphatic hydroxyl groups excluding tert-OH is 2. The molecule has 2 N–H and O–H groups in total. The van der Waals surface area contributed by atoms with Gasteiger partial charge >= 0.3 is 5.97 Å². The van der Waals surface area contributed by atoms with Crippen molar-refractivity contribution in [1.82, 2.24) is 4.90 Å². The van der Waals surface area contributed by atoms with Crippen LogP contribution in [0.2, 0.25) is 0 Å². The molecule has 0 saturated carbocycles. The second kappa shape index (κ2) is 17.2. The van der Waals surface area contributed by atoms with Gasteiger partial charge in [0.2, 0.25) is 0 Å². The summed E-state index contributed by atoms with van der Waals surface area (Å²) in [6.07, 6.45) is -2.92. The number of hydrogen-bond acceptors (Lipinski definition) is 13. The van der Waals surface area contributed by atoms with E-state index in [1.807, 2.05) is 25.7 Å². The first-order valence-electron chi connectivity index (χ1n) is 18.2. The van der Waals surface area contributed by atoms with Crippen LogP contribution in [-0.4, -0.2) is 133 Å². The van der Waals surface area contributed by atoms with Crippen molar-refractivity contribution in [3.63, 3.8) is 0 Å². The normalized spacial score (nSPS) is 45.2. The molecule has 0 amide bonds. The summed E-state index contributed by atoms with van der Waals surface area (Å²) in [4.78, 5) is 52.8. The van der Waals surface area contributed by atoms with Crippen LogP contribution in [0.1, 0.15) is 80.6 Å². The van der Waals surface area contributed by atoms with Crippen molar-refractivity contribution in [2.24, 2.45) is 23.7 Å². The monoisotopic (exact) mass is 709 g/mol. The topological polar surface area (TPSA) is 171 Å². The number of allylic oxidation sites excluding steroid dienone is 1. The van der Waals surface area contributed by atoms with Gasteiger partial charge in [0.1, 0.15) is 36.3 Å². The van der Waals surface area contributed by atoms with Gasteiger partial charge in [-0.25, -0.2) is 0 Å². The van der Waals surface area contributed by atoms with E-state index in [1.165, 1.54) is 6.08 Å². The van der Waals surface area contributed by atoms with Crippen LogP contribution in [0.4, 0.5) is 0 Å². The molecule has 0 bridgehead atoms. The molecule has 16 unspecified atom stereocenters. The van der Waals surface area contributed by atoms with E-state index in [-0.39, 0.29) is 55.9 Å². The van der Waals surface area contributed by atoms with E-state index in [0.29, 0.717) is 6.42 Å². The second-order valence-corrected chi connectivity index (χ2v) is 15.3. The molecule has 0 radical (unpaired) electrons. The molecule has 0 spiro atoms. The van der Waals surface area contributed by atoms with E-state index in [2.05, 4.69) is 0 Å². The number of hydrogen-bond donors (Lipinski definition) is 2. The predicted molar refractivity (Wildman–Crippen MR) is 181 cm³/mol. The summed E-state index contributed by atoms with van der Waals surface area (Å²) >= 11 is 0. The first-order chi connectivity index (χ1) is 23.5. The van der Waals surface area contributed by atoms with Crippen molar-refractivity contribution in [3.05, 3.63) is 12.2 Å². The molecule has 13 nitrogen and oxygen atoms in total. The lowest BCUT2D eigenvalue weighted by Gasteiger charge is -2.49. The van der Waals surface area contributed by atoms with Gasteiger partial charge in [0.25, 0.3) is 0 Å². The van der Waals surface area contributed by atoms with E-state index >= 15 is 0 Å². The highest BCUT2D eigenvalue weighted by Crippen LogP contribution is 2.45. The van der Waals surface area contributed by atoms with Gasteiger partial charge in [-0.15, -0.1) is 0 Å². The predicted octanol–water partition coefficient (Wildman–Crippen LogP) is 2.41. The fraction of sp³-hybridized carbons (Fsp3) is 0.838. The SMILES string of the molecule is CCC1OC(=O)CC(O)C(C)C(OC2OC(C)C(OC3COC(C)C(=O)C3)C(N(C)C)C2O)C(CC=O)CC(C)C(=O)C=CC2(C)OC2C1C. The Morgan fingerprint density at radius 1 is 1.02 bits per heavy atom. The number of epoxide rings is 1. The average molecular weight is 710 g/mol. The molecular weight excluding hydrogens is 650 g/mol. The molecule has 4 aliphatic rings. The number of esters is 1. The van der Waals surface area contributed by atoms with Crippen molar-refractivity contribution in [2.75, 3.05) is 20.7 Å². The molecule has 0 aromatic carbocycles. The lowest BCUT2D eigenvalue weighted by Crippen LogP contribution is -2.64. The highest BCUT2D eigenvalue weighted by atomic mass is 16.7. The number of cyclic esters (lactones) is 1. The maximum atomic E-state index is 13.4. The number of likely N-dealkylation sites (N-methyl/N-ethyl adjacent to an activating group) is 1. The van der Waals surface area contributed by atoms with Crippen molar-refractivity contribution < 1.29 is 57.8 Å². The Morgan fingerprint density at radius 3 is 2.34 bits per heavy atom. The Kier molecular flexibility index (Phi) is 14.0. The first kappa shape index (κ1) is 40.7. The van der Waals surface area contributed by atoms with Crippen LogP contribution in [-0.2, 0) is 47.6 Å². The van der Waals surface area contributed by atoms with Crippen molar-refractivity contribution in [1.29, 1.82) is 0 Å². The van der Waals surface area contributed by atoms with Gasteiger partial charge in [0, 0.05) is 30.6 Å². The highest BCUT2D eigenvalue weighted by Gasteiger charge is 2.55. The second-order valence-electron chi connectivity index (χ2n) is 15.3. The molecule has 13 heteroatoms. The fourth-order valence-electron chi connectivity index (χ4n) is 7.85. The van der Waals surface area contributed by atoms with E-state index in [9.17, 15) is 29.4 Å². The van der Waals surface area contributed by atoms with E-state index in [1.54, 1.807) is 47.9 Å². The zero-order valence-electron chi connectivity index (χ0n) is 31.1.